The Morgan fingerprint density at radius 1 is 1.24 bits per heavy atom. The fourth-order valence-corrected chi connectivity index (χ4v) is 6.63. The van der Waals surface area contributed by atoms with E-state index in [-0.39, 0.29) is 12.0 Å². The molecule has 0 bridgehead atoms. The van der Waals surface area contributed by atoms with Gasteiger partial charge in [-0.15, -0.1) is 0 Å². The molecule has 0 spiro atoms. The molecule has 230 valence electrons. The number of fused-ring (bicyclic) bond motifs is 1. The van der Waals surface area contributed by atoms with Crippen molar-refractivity contribution in [2.75, 3.05) is 45.3 Å². The van der Waals surface area contributed by atoms with Gasteiger partial charge in [0.05, 0.1) is 19.8 Å². The van der Waals surface area contributed by atoms with Gasteiger partial charge in [0.1, 0.15) is 23.8 Å². The molecule has 42 heavy (non-hydrogen) atoms. The maximum atomic E-state index is 15.4. The van der Waals surface area contributed by atoms with Gasteiger partial charge >= 0.3 is 5.97 Å². The number of hydrogen-bond donors (Lipinski definition) is 2. The number of anilines is 1. The number of ether oxygens (including phenoxy) is 3. The fraction of sp³-hybridized carbons (Fsp3) is 0.636. The molecule has 1 aromatic heterocycles. The van der Waals surface area contributed by atoms with Gasteiger partial charge in [-0.1, -0.05) is 30.2 Å². The number of nitrogens with zero attached hydrogens (tertiary/aromatic N) is 2. The molecule has 9 heteroatoms. The normalized spacial score (nSPS) is 21.0. The Morgan fingerprint density at radius 3 is 2.86 bits per heavy atom. The highest BCUT2D eigenvalue weighted by Gasteiger charge is 2.37. The summed E-state index contributed by atoms with van der Waals surface area (Å²) in [7, 11) is 1.70. The summed E-state index contributed by atoms with van der Waals surface area (Å²) in [5.74, 6) is 0.748. The molecule has 5 rings (SSSR count). The van der Waals surface area contributed by atoms with Crippen LogP contribution in [0, 0.1) is 12.8 Å². The van der Waals surface area contributed by atoms with Crippen molar-refractivity contribution in [3.63, 3.8) is 0 Å². The highest BCUT2D eigenvalue weighted by Crippen LogP contribution is 2.35. The van der Waals surface area contributed by atoms with Crippen molar-refractivity contribution in [1.29, 1.82) is 0 Å². The van der Waals surface area contributed by atoms with Crippen LogP contribution in [0.4, 0.5) is 10.2 Å². The van der Waals surface area contributed by atoms with E-state index in [0.29, 0.717) is 45.8 Å². The molecular weight excluding hydrogens is 537 g/mol. The molecule has 1 aromatic carbocycles. The van der Waals surface area contributed by atoms with Crippen LogP contribution in [-0.2, 0) is 33.7 Å². The minimum Gasteiger partial charge on any atom is -0.496 e. The lowest BCUT2D eigenvalue weighted by molar-refractivity contribution is -0.143. The maximum Gasteiger partial charge on any atom is 0.325 e. The van der Waals surface area contributed by atoms with E-state index in [9.17, 15) is 9.90 Å². The Kier molecular flexibility index (Phi) is 10.7. The second-order valence-electron chi connectivity index (χ2n) is 12.0. The van der Waals surface area contributed by atoms with Gasteiger partial charge in [-0.2, -0.15) is 0 Å². The molecule has 2 aromatic rings. The van der Waals surface area contributed by atoms with Crippen molar-refractivity contribution >= 4 is 11.8 Å². The summed E-state index contributed by atoms with van der Waals surface area (Å²) in [5.41, 5.74) is 4.77. The average Bonchev–Trinajstić information content (AvgIpc) is 3.48. The summed E-state index contributed by atoms with van der Waals surface area (Å²) in [6, 6.07) is 7.15. The smallest absolute Gasteiger partial charge is 0.325 e. The molecule has 2 N–H and O–H groups in total. The van der Waals surface area contributed by atoms with Gasteiger partial charge in [0, 0.05) is 49.5 Å². The third-order valence-electron chi connectivity index (χ3n) is 9.02. The quantitative estimate of drug-likeness (QED) is 0.292. The van der Waals surface area contributed by atoms with Gasteiger partial charge in [0.15, 0.2) is 0 Å². The summed E-state index contributed by atoms with van der Waals surface area (Å²) in [5, 5.41) is 13.7. The van der Waals surface area contributed by atoms with Crippen LogP contribution in [0.5, 0.6) is 5.75 Å². The minimum absolute atomic E-state index is 0.126. The zero-order valence-electron chi connectivity index (χ0n) is 25.1. The number of aromatic nitrogens is 1. The largest absolute Gasteiger partial charge is 0.496 e. The predicted octanol–water partition coefficient (Wildman–Crippen LogP) is 5.65. The zero-order chi connectivity index (χ0) is 29.5. The summed E-state index contributed by atoms with van der Waals surface area (Å²) in [6.07, 6.45) is 6.46. The molecule has 3 aliphatic rings. The van der Waals surface area contributed by atoms with Gasteiger partial charge in [-0.3, -0.25) is 9.69 Å². The predicted molar refractivity (Wildman–Crippen MR) is 160 cm³/mol. The first kappa shape index (κ1) is 30.7. The highest BCUT2D eigenvalue weighted by atomic mass is 19.1. The summed E-state index contributed by atoms with van der Waals surface area (Å²) in [4.78, 5) is 19.3. The monoisotopic (exact) mass is 583 g/mol. The molecule has 2 saturated heterocycles. The van der Waals surface area contributed by atoms with E-state index in [1.54, 1.807) is 7.11 Å². The van der Waals surface area contributed by atoms with Crippen LogP contribution in [0.2, 0.25) is 0 Å². The number of aryl methyl sites for hydroxylation is 2. The van der Waals surface area contributed by atoms with Crippen LogP contribution >= 0.6 is 0 Å². The van der Waals surface area contributed by atoms with Crippen molar-refractivity contribution in [3.8, 4) is 5.75 Å². The Labute approximate surface area is 248 Å². The third-order valence-corrected chi connectivity index (χ3v) is 9.02. The number of methoxy groups -OCH3 is 1. The van der Waals surface area contributed by atoms with E-state index in [4.69, 9.17) is 19.2 Å². The van der Waals surface area contributed by atoms with Crippen LogP contribution in [0.15, 0.2) is 24.3 Å². The Hall–Kier alpha value is -2.75. The lowest BCUT2D eigenvalue weighted by Gasteiger charge is -2.28. The molecule has 0 aliphatic carbocycles. The molecule has 3 atom stereocenters. The van der Waals surface area contributed by atoms with Gasteiger partial charge in [-0.05, 0) is 76.0 Å². The molecular formula is C33H46FN3O5. The Morgan fingerprint density at radius 2 is 2.07 bits per heavy atom. The van der Waals surface area contributed by atoms with Crippen LogP contribution in [0.25, 0.3) is 0 Å². The maximum absolute atomic E-state index is 15.4. The van der Waals surface area contributed by atoms with Gasteiger partial charge in [0.25, 0.3) is 0 Å². The van der Waals surface area contributed by atoms with E-state index in [0.717, 1.165) is 91.0 Å². The standard InChI is InChI=1S/C33H46FN3O5/c1-22-9-10-24(21-42-26-12-16-41-17-13-26)28(18-22)31(33(38)39)37-15-11-23(20-37)29(34)8-4-3-6-25-19-30(40-2)27-7-5-14-35-32(27)36-25/h9-10,18-19,23,26,29,31H,3-8,11-17,20-21H2,1-2H3,(H,35,36)(H,38,39)/t23?,29-,31+/m1/s1. The Balaban J connectivity index is 1.15. The number of likely N-dealkylation sites (tertiary alicyclic amines) is 1. The average molecular weight is 584 g/mol. The number of carbonyl (C=O) groups is 1. The summed E-state index contributed by atoms with van der Waals surface area (Å²) < 4.78 is 32.6. The number of halogens is 1. The zero-order valence-corrected chi connectivity index (χ0v) is 25.1. The number of alkyl halides is 1. The van der Waals surface area contributed by atoms with Crippen LogP contribution in [0.3, 0.4) is 0 Å². The molecule has 4 heterocycles. The number of carboxylic acids is 1. The molecule has 0 radical (unpaired) electrons. The highest BCUT2D eigenvalue weighted by molar-refractivity contribution is 5.76. The summed E-state index contributed by atoms with van der Waals surface area (Å²) in [6.45, 7) is 5.67. The first-order valence-electron chi connectivity index (χ1n) is 15.6. The molecule has 0 amide bonds. The van der Waals surface area contributed by atoms with Crippen LogP contribution < -0.4 is 10.1 Å². The lowest BCUT2D eigenvalue weighted by Crippen LogP contribution is -2.34. The second kappa shape index (κ2) is 14.6. The second-order valence-corrected chi connectivity index (χ2v) is 12.0. The number of hydrogen-bond acceptors (Lipinski definition) is 7. The van der Waals surface area contributed by atoms with E-state index in [2.05, 4.69) is 5.32 Å². The topological polar surface area (TPSA) is 93.2 Å². The van der Waals surface area contributed by atoms with E-state index >= 15 is 4.39 Å². The number of unbranched alkanes of at least 4 members (excludes halogenated alkanes) is 1. The molecule has 3 aliphatic heterocycles. The van der Waals surface area contributed by atoms with Crippen molar-refractivity contribution in [1.82, 2.24) is 9.88 Å². The number of carboxylic acid groups (broad SMARTS) is 1. The van der Waals surface area contributed by atoms with Crippen molar-refractivity contribution in [3.05, 3.63) is 52.2 Å². The van der Waals surface area contributed by atoms with Crippen molar-refractivity contribution in [2.45, 2.75) is 89.6 Å². The van der Waals surface area contributed by atoms with Gasteiger partial charge < -0.3 is 24.6 Å². The third kappa shape index (κ3) is 7.60. The number of aliphatic carboxylic acids is 1. The van der Waals surface area contributed by atoms with Gasteiger partial charge in [-0.25, -0.2) is 9.37 Å². The molecule has 1 unspecified atom stereocenters. The first-order chi connectivity index (χ1) is 20.4. The van der Waals surface area contributed by atoms with Crippen molar-refractivity contribution < 1.29 is 28.5 Å². The van der Waals surface area contributed by atoms with E-state index in [1.807, 2.05) is 36.1 Å². The molecule has 2 fully saturated rings. The first-order valence-corrected chi connectivity index (χ1v) is 15.6. The fourth-order valence-electron chi connectivity index (χ4n) is 6.63. The number of pyridine rings is 1. The number of nitrogens with one attached hydrogen (secondary N) is 1. The lowest BCUT2D eigenvalue weighted by atomic mass is 9.96. The van der Waals surface area contributed by atoms with Crippen LogP contribution in [-0.4, -0.2) is 73.2 Å². The molecule has 8 nitrogen and oxygen atoms in total. The summed E-state index contributed by atoms with van der Waals surface area (Å²) >= 11 is 0. The SMILES string of the molecule is COc1cc(CCCC[C@@H](F)C2CCN([C@H](C(=O)O)c3cc(C)ccc3COC3CCOCC3)C2)nc2c1CCCN2. The van der Waals surface area contributed by atoms with Crippen LogP contribution in [0.1, 0.15) is 78.9 Å². The minimum atomic E-state index is -0.953. The number of rotatable bonds is 13. The number of benzene rings is 1. The van der Waals surface area contributed by atoms with E-state index in [1.165, 1.54) is 0 Å². The van der Waals surface area contributed by atoms with Crippen molar-refractivity contribution in [2.24, 2.45) is 5.92 Å². The Bertz CT molecular complexity index is 1190. The van der Waals surface area contributed by atoms with E-state index < -0.39 is 18.2 Å². The molecule has 0 saturated carbocycles. The van der Waals surface area contributed by atoms with Gasteiger partial charge in [0.2, 0.25) is 0 Å².